The van der Waals surface area contributed by atoms with Gasteiger partial charge in [0.25, 0.3) is 5.91 Å². The zero-order valence-corrected chi connectivity index (χ0v) is 13.9. The Bertz CT molecular complexity index is 684. The number of alkyl halides is 3. The van der Waals surface area contributed by atoms with E-state index in [2.05, 4.69) is 5.32 Å². The summed E-state index contributed by atoms with van der Waals surface area (Å²) < 4.78 is 43.0. The minimum absolute atomic E-state index is 0.279. The molecule has 24 heavy (non-hydrogen) atoms. The molecule has 2 rings (SSSR count). The van der Waals surface area contributed by atoms with Crippen LogP contribution in [0.2, 0.25) is 0 Å². The summed E-state index contributed by atoms with van der Waals surface area (Å²) >= 11 is 1.59. The van der Waals surface area contributed by atoms with Crippen molar-refractivity contribution >= 4 is 23.4 Å². The second-order valence-corrected chi connectivity index (χ2v) is 5.88. The van der Waals surface area contributed by atoms with Crippen molar-refractivity contribution in [3.8, 4) is 5.75 Å². The Balaban J connectivity index is 1.95. The third-order valence-corrected chi connectivity index (χ3v) is 3.96. The molecule has 0 saturated heterocycles. The fraction of sp³-hybridized carbons (Fsp3) is 0.235. The number of benzene rings is 2. The van der Waals surface area contributed by atoms with Gasteiger partial charge in [0.2, 0.25) is 0 Å². The second kappa shape index (κ2) is 7.61. The highest BCUT2D eigenvalue weighted by molar-refractivity contribution is 7.98. The van der Waals surface area contributed by atoms with Gasteiger partial charge in [-0.2, -0.15) is 13.2 Å². The van der Waals surface area contributed by atoms with Crippen molar-refractivity contribution in [2.24, 2.45) is 0 Å². The number of anilines is 1. The van der Waals surface area contributed by atoms with Gasteiger partial charge < -0.3 is 10.1 Å². The number of ether oxygens (including phenoxy) is 1. The number of hydrogen-bond acceptors (Lipinski definition) is 3. The fourth-order valence-corrected chi connectivity index (χ4v) is 2.31. The number of rotatable bonds is 5. The molecule has 0 aliphatic heterocycles. The first kappa shape index (κ1) is 18.2. The Morgan fingerprint density at radius 3 is 2.17 bits per heavy atom. The van der Waals surface area contributed by atoms with Crippen LogP contribution in [-0.4, -0.2) is 18.3 Å². The smallest absolute Gasteiger partial charge is 0.416 e. The first-order valence-electron chi connectivity index (χ1n) is 7.08. The minimum atomic E-state index is -4.40. The fourth-order valence-electron chi connectivity index (χ4n) is 1.90. The Hall–Kier alpha value is -2.15. The van der Waals surface area contributed by atoms with E-state index in [9.17, 15) is 18.0 Å². The van der Waals surface area contributed by atoms with Crippen LogP contribution in [-0.2, 0) is 11.0 Å². The largest absolute Gasteiger partial charge is 0.481 e. The van der Waals surface area contributed by atoms with Crippen LogP contribution in [0.3, 0.4) is 0 Å². The van der Waals surface area contributed by atoms with E-state index in [1.807, 2.05) is 18.4 Å². The molecule has 0 aliphatic rings. The average molecular weight is 355 g/mol. The molecular weight excluding hydrogens is 339 g/mol. The van der Waals surface area contributed by atoms with Gasteiger partial charge in [0, 0.05) is 10.6 Å². The molecule has 3 nitrogen and oxygen atoms in total. The molecule has 0 fully saturated rings. The molecule has 128 valence electrons. The lowest BCUT2D eigenvalue weighted by atomic mass is 10.2. The molecule has 0 heterocycles. The quantitative estimate of drug-likeness (QED) is 0.781. The maximum absolute atomic E-state index is 12.5. The van der Waals surface area contributed by atoms with Gasteiger partial charge in [-0.25, -0.2) is 0 Å². The van der Waals surface area contributed by atoms with Crippen LogP contribution < -0.4 is 10.1 Å². The summed E-state index contributed by atoms with van der Waals surface area (Å²) in [4.78, 5) is 13.1. The summed E-state index contributed by atoms with van der Waals surface area (Å²) in [5.74, 6) is 0.103. The van der Waals surface area contributed by atoms with Crippen LogP contribution in [0, 0.1) is 0 Å². The molecule has 0 radical (unpaired) electrons. The van der Waals surface area contributed by atoms with E-state index in [1.165, 1.54) is 12.1 Å². The standard InChI is InChI=1S/C17H16F3NO2S/c1-11(23-14-7-9-15(24-2)10-8-14)16(22)21-13-5-3-12(4-6-13)17(18,19)20/h3-11H,1-2H3,(H,21,22)/t11-/m1/s1. The second-order valence-electron chi connectivity index (χ2n) is 5.00. The zero-order chi connectivity index (χ0) is 17.7. The van der Waals surface area contributed by atoms with Crippen LogP contribution >= 0.6 is 11.8 Å². The minimum Gasteiger partial charge on any atom is -0.481 e. The lowest BCUT2D eigenvalue weighted by Gasteiger charge is -2.15. The SMILES string of the molecule is CSc1ccc(O[C@H](C)C(=O)Nc2ccc(C(F)(F)F)cc2)cc1. The molecule has 1 N–H and O–H groups in total. The first-order valence-corrected chi connectivity index (χ1v) is 8.31. The monoisotopic (exact) mass is 355 g/mol. The summed E-state index contributed by atoms with van der Waals surface area (Å²) in [6.45, 7) is 1.57. The lowest BCUT2D eigenvalue weighted by Crippen LogP contribution is -2.30. The lowest BCUT2D eigenvalue weighted by molar-refractivity contribution is -0.137. The topological polar surface area (TPSA) is 38.3 Å². The summed E-state index contributed by atoms with van der Waals surface area (Å²) in [5.41, 5.74) is -0.486. The highest BCUT2D eigenvalue weighted by Gasteiger charge is 2.30. The van der Waals surface area contributed by atoms with E-state index in [1.54, 1.807) is 30.8 Å². The van der Waals surface area contributed by atoms with Crippen molar-refractivity contribution < 1.29 is 22.7 Å². The van der Waals surface area contributed by atoms with Crippen molar-refractivity contribution in [3.63, 3.8) is 0 Å². The molecular formula is C17H16F3NO2S. The van der Waals surface area contributed by atoms with Crippen LogP contribution in [0.1, 0.15) is 12.5 Å². The van der Waals surface area contributed by atoms with Crippen LogP contribution in [0.25, 0.3) is 0 Å². The number of hydrogen-bond donors (Lipinski definition) is 1. The van der Waals surface area contributed by atoms with Crippen molar-refractivity contribution in [3.05, 3.63) is 54.1 Å². The van der Waals surface area contributed by atoms with Crippen LogP contribution in [0.5, 0.6) is 5.75 Å². The van der Waals surface area contributed by atoms with Crippen molar-refractivity contribution in [1.82, 2.24) is 0 Å². The van der Waals surface area contributed by atoms with E-state index in [4.69, 9.17) is 4.74 Å². The van der Waals surface area contributed by atoms with E-state index >= 15 is 0 Å². The number of amides is 1. The molecule has 0 aliphatic carbocycles. The summed E-state index contributed by atoms with van der Waals surface area (Å²) in [6, 6.07) is 11.5. The number of thioether (sulfide) groups is 1. The molecule has 2 aromatic carbocycles. The van der Waals surface area contributed by atoms with Crippen LogP contribution in [0.15, 0.2) is 53.4 Å². The molecule has 0 aromatic heterocycles. The number of halogens is 3. The third kappa shape index (κ3) is 4.92. The molecule has 1 atom stereocenters. The summed E-state index contributed by atoms with van der Waals surface area (Å²) in [7, 11) is 0. The van der Waals surface area contributed by atoms with Gasteiger partial charge in [0.1, 0.15) is 5.75 Å². The van der Waals surface area contributed by atoms with Crippen molar-refractivity contribution in [2.45, 2.75) is 24.1 Å². The normalized spacial score (nSPS) is 12.5. The maximum atomic E-state index is 12.5. The zero-order valence-electron chi connectivity index (χ0n) is 13.1. The Morgan fingerprint density at radius 2 is 1.67 bits per heavy atom. The van der Waals surface area contributed by atoms with E-state index in [0.29, 0.717) is 5.75 Å². The Kier molecular flexibility index (Phi) is 5.77. The van der Waals surface area contributed by atoms with Gasteiger partial charge in [-0.15, -0.1) is 11.8 Å². The first-order chi connectivity index (χ1) is 11.3. The Morgan fingerprint density at radius 1 is 1.08 bits per heavy atom. The van der Waals surface area contributed by atoms with Gasteiger partial charge in [-0.1, -0.05) is 0 Å². The van der Waals surface area contributed by atoms with Gasteiger partial charge in [0.15, 0.2) is 6.10 Å². The number of carbonyl (C=O) groups excluding carboxylic acids is 1. The highest BCUT2D eigenvalue weighted by atomic mass is 32.2. The van der Waals surface area contributed by atoms with Crippen LogP contribution in [0.4, 0.5) is 18.9 Å². The molecule has 2 aromatic rings. The number of nitrogens with one attached hydrogen (secondary N) is 1. The highest BCUT2D eigenvalue weighted by Crippen LogP contribution is 2.29. The summed E-state index contributed by atoms with van der Waals surface area (Å²) in [6.07, 6.45) is -3.23. The summed E-state index contributed by atoms with van der Waals surface area (Å²) in [5, 5.41) is 2.53. The van der Waals surface area contributed by atoms with Gasteiger partial charge in [0.05, 0.1) is 5.56 Å². The predicted molar refractivity (Wildman–Crippen MR) is 88.4 cm³/mol. The predicted octanol–water partition coefficient (Wildman–Crippen LogP) is 4.83. The van der Waals surface area contributed by atoms with E-state index in [0.717, 1.165) is 17.0 Å². The molecule has 1 amide bonds. The van der Waals surface area contributed by atoms with Crippen molar-refractivity contribution in [1.29, 1.82) is 0 Å². The van der Waals surface area contributed by atoms with E-state index < -0.39 is 23.8 Å². The molecule has 0 bridgehead atoms. The third-order valence-electron chi connectivity index (χ3n) is 3.22. The number of carbonyl (C=O) groups is 1. The van der Waals surface area contributed by atoms with Gasteiger partial charge >= 0.3 is 6.18 Å². The van der Waals surface area contributed by atoms with Gasteiger partial charge in [-0.3, -0.25) is 4.79 Å². The Labute approximate surface area is 142 Å². The molecule has 0 unspecified atom stereocenters. The molecule has 0 saturated carbocycles. The molecule has 0 spiro atoms. The van der Waals surface area contributed by atoms with E-state index in [-0.39, 0.29) is 5.69 Å². The average Bonchev–Trinajstić information content (AvgIpc) is 2.55. The molecule has 7 heteroatoms. The van der Waals surface area contributed by atoms with Crippen molar-refractivity contribution in [2.75, 3.05) is 11.6 Å². The van der Waals surface area contributed by atoms with Gasteiger partial charge in [-0.05, 0) is 61.7 Å². The maximum Gasteiger partial charge on any atom is 0.416 e.